The number of ether oxygens (including phenoxy) is 1. The van der Waals surface area contributed by atoms with Gasteiger partial charge in [0.25, 0.3) is 0 Å². The van der Waals surface area contributed by atoms with Crippen molar-refractivity contribution in [3.63, 3.8) is 0 Å². The first-order valence-electron chi connectivity index (χ1n) is 6.25. The third-order valence-electron chi connectivity index (χ3n) is 3.47. The second-order valence-electron chi connectivity index (χ2n) is 4.85. The van der Waals surface area contributed by atoms with Gasteiger partial charge in [-0.25, -0.2) is 4.68 Å². The Hall–Kier alpha value is -0.980. The molecule has 1 aromatic heterocycles. The van der Waals surface area contributed by atoms with Crippen LogP contribution in [0.1, 0.15) is 11.4 Å². The second-order valence-corrected chi connectivity index (χ2v) is 4.85. The minimum Gasteiger partial charge on any atom is -0.374 e. The van der Waals surface area contributed by atoms with Gasteiger partial charge in [-0.15, -0.1) is 5.10 Å². The highest BCUT2D eigenvalue weighted by atomic mass is 16.5. The predicted octanol–water partition coefficient (Wildman–Crippen LogP) is -0.746. The number of rotatable bonds is 2. The largest absolute Gasteiger partial charge is 0.374 e. The van der Waals surface area contributed by atoms with Gasteiger partial charge in [0.2, 0.25) is 0 Å². The summed E-state index contributed by atoms with van der Waals surface area (Å²) < 4.78 is 7.79. The van der Waals surface area contributed by atoms with E-state index in [0.717, 1.165) is 51.4 Å². The van der Waals surface area contributed by atoms with Crippen molar-refractivity contribution in [2.45, 2.75) is 25.6 Å². The molecule has 1 fully saturated rings. The zero-order valence-corrected chi connectivity index (χ0v) is 10.2. The molecule has 94 valence electrons. The van der Waals surface area contributed by atoms with Crippen molar-refractivity contribution in [3.05, 3.63) is 11.4 Å². The standard InChI is InChI=1S/C11H19N5O/c1-15-4-5-17-9(7-15)8-16-11-2-3-12-6-10(11)13-14-16/h9,12H,2-8H2,1H3. The van der Waals surface area contributed by atoms with Crippen LogP contribution in [0.5, 0.6) is 0 Å². The number of nitrogens with zero attached hydrogens (tertiary/aromatic N) is 4. The zero-order chi connectivity index (χ0) is 11.7. The van der Waals surface area contributed by atoms with Gasteiger partial charge in [0.15, 0.2) is 0 Å². The van der Waals surface area contributed by atoms with E-state index < -0.39 is 0 Å². The maximum absolute atomic E-state index is 5.77. The summed E-state index contributed by atoms with van der Waals surface area (Å²) in [6.07, 6.45) is 1.26. The van der Waals surface area contributed by atoms with Gasteiger partial charge in [0.05, 0.1) is 30.6 Å². The molecule has 1 unspecified atom stereocenters. The maximum atomic E-state index is 5.77. The van der Waals surface area contributed by atoms with E-state index in [0.29, 0.717) is 0 Å². The number of hydrogen-bond donors (Lipinski definition) is 1. The average Bonchev–Trinajstić information content (AvgIpc) is 2.73. The molecule has 3 heterocycles. The maximum Gasteiger partial charge on any atom is 0.0997 e. The Labute approximate surface area is 101 Å². The molecule has 0 aromatic carbocycles. The monoisotopic (exact) mass is 237 g/mol. The number of fused-ring (bicyclic) bond motifs is 1. The van der Waals surface area contributed by atoms with Crippen LogP contribution in [0.2, 0.25) is 0 Å². The van der Waals surface area contributed by atoms with E-state index in [9.17, 15) is 0 Å². The van der Waals surface area contributed by atoms with Crippen LogP contribution in [0.15, 0.2) is 0 Å². The lowest BCUT2D eigenvalue weighted by molar-refractivity contribution is -0.0296. The Morgan fingerprint density at radius 3 is 3.35 bits per heavy atom. The Morgan fingerprint density at radius 1 is 1.53 bits per heavy atom. The molecule has 0 aliphatic carbocycles. The summed E-state index contributed by atoms with van der Waals surface area (Å²) in [5.41, 5.74) is 2.38. The summed E-state index contributed by atoms with van der Waals surface area (Å²) in [7, 11) is 2.14. The molecule has 1 atom stereocenters. The molecule has 6 heteroatoms. The molecule has 0 spiro atoms. The highest BCUT2D eigenvalue weighted by molar-refractivity contribution is 5.13. The van der Waals surface area contributed by atoms with Gasteiger partial charge < -0.3 is 15.0 Å². The second kappa shape index (κ2) is 4.72. The summed E-state index contributed by atoms with van der Waals surface area (Å²) in [6.45, 7) is 5.52. The van der Waals surface area contributed by atoms with Gasteiger partial charge in [-0.1, -0.05) is 5.21 Å². The van der Waals surface area contributed by atoms with E-state index in [2.05, 4.69) is 27.6 Å². The van der Waals surface area contributed by atoms with E-state index in [1.165, 1.54) is 5.69 Å². The fraction of sp³-hybridized carbons (Fsp3) is 0.818. The zero-order valence-electron chi connectivity index (χ0n) is 10.2. The van der Waals surface area contributed by atoms with Gasteiger partial charge in [0.1, 0.15) is 0 Å². The van der Waals surface area contributed by atoms with Crippen LogP contribution in [0.4, 0.5) is 0 Å². The summed E-state index contributed by atoms with van der Waals surface area (Å²) in [4.78, 5) is 2.30. The van der Waals surface area contributed by atoms with Crippen LogP contribution in [0.3, 0.4) is 0 Å². The number of morpholine rings is 1. The van der Waals surface area contributed by atoms with Crippen molar-refractivity contribution in [3.8, 4) is 0 Å². The first-order chi connectivity index (χ1) is 8.33. The van der Waals surface area contributed by atoms with E-state index >= 15 is 0 Å². The van der Waals surface area contributed by atoms with Crippen molar-refractivity contribution in [1.29, 1.82) is 0 Å². The molecule has 17 heavy (non-hydrogen) atoms. The Kier molecular flexibility index (Phi) is 3.09. The quantitative estimate of drug-likeness (QED) is 0.734. The summed E-state index contributed by atoms with van der Waals surface area (Å²) in [6, 6.07) is 0. The lowest BCUT2D eigenvalue weighted by Crippen LogP contribution is -2.42. The molecule has 1 N–H and O–H groups in total. The fourth-order valence-electron chi connectivity index (χ4n) is 2.51. The lowest BCUT2D eigenvalue weighted by Gasteiger charge is -2.30. The minimum atomic E-state index is 0.245. The van der Waals surface area contributed by atoms with E-state index in [1.54, 1.807) is 0 Å². The average molecular weight is 237 g/mol. The van der Waals surface area contributed by atoms with Crippen LogP contribution < -0.4 is 5.32 Å². The minimum absolute atomic E-state index is 0.245. The third-order valence-corrected chi connectivity index (χ3v) is 3.47. The van der Waals surface area contributed by atoms with Gasteiger partial charge in [-0.3, -0.25) is 0 Å². The summed E-state index contributed by atoms with van der Waals surface area (Å²) in [5, 5.41) is 11.8. The highest BCUT2D eigenvalue weighted by Crippen LogP contribution is 2.13. The Morgan fingerprint density at radius 2 is 2.47 bits per heavy atom. The molecule has 3 rings (SSSR count). The van der Waals surface area contributed by atoms with Crippen molar-refractivity contribution in [2.75, 3.05) is 33.3 Å². The molecule has 6 nitrogen and oxygen atoms in total. The molecule has 0 saturated carbocycles. The number of aromatic nitrogens is 3. The van der Waals surface area contributed by atoms with Gasteiger partial charge in [-0.2, -0.15) is 0 Å². The Balaban J connectivity index is 1.70. The molecule has 1 aromatic rings. The van der Waals surface area contributed by atoms with Crippen LogP contribution in [-0.2, 0) is 24.2 Å². The first-order valence-corrected chi connectivity index (χ1v) is 6.25. The number of likely N-dealkylation sites (N-methyl/N-ethyl adjacent to an activating group) is 1. The molecule has 2 aliphatic heterocycles. The summed E-state index contributed by atoms with van der Waals surface area (Å²) >= 11 is 0. The van der Waals surface area contributed by atoms with Crippen molar-refractivity contribution in [1.82, 2.24) is 25.2 Å². The van der Waals surface area contributed by atoms with Gasteiger partial charge >= 0.3 is 0 Å². The van der Waals surface area contributed by atoms with Crippen molar-refractivity contribution < 1.29 is 4.74 Å². The topological polar surface area (TPSA) is 55.2 Å². The van der Waals surface area contributed by atoms with Crippen LogP contribution >= 0.6 is 0 Å². The highest BCUT2D eigenvalue weighted by Gasteiger charge is 2.22. The molecule has 0 amide bonds. The Bertz CT molecular complexity index is 391. The van der Waals surface area contributed by atoms with Crippen molar-refractivity contribution >= 4 is 0 Å². The number of hydrogen-bond acceptors (Lipinski definition) is 5. The predicted molar refractivity (Wildman–Crippen MR) is 62.7 cm³/mol. The smallest absolute Gasteiger partial charge is 0.0997 e. The fourth-order valence-corrected chi connectivity index (χ4v) is 2.51. The van der Waals surface area contributed by atoms with E-state index in [4.69, 9.17) is 4.74 Å². The molecular formula is C11H19N5O. The molecular weight excluding hydrogens is 218 g/mol. The number of nitrogens with one attached hydrogen (secondary N) is 1. The molecule has 2 aliphatic rings. The summed E-state index contributed by atoms with van der Waals surface area (Å²) in [5.74, 6) is 0. The van der Waals surface area contributed by atoms with E-state index in [-0.39, 0.29) is 6.10 Å². The van der Waals surface area contributed by atoms with Crippen LogP contribution in [0, 0.1) is 0 Å². The SMILES string of the molecule is CN1CCOC(Cn2nnc3c2CCNC3)C1. The molecule has 0 bridgehead atoms. The van der Waals surface area contributed by atoms with Crippen LogP contribution in [-0.4, -0.2) is 59.3 Å². The van der Waals surface area contributed by atoms with Gasteiger partial charge in [0, 0.05) is 32.6 Å². The third kappa shape index (κ3) is 2.34. The first kappa shape index (κ1) is 11.1. The van der Waals surface area contributed by atoms with Crippen molar-refractivity contribution in [2.24, 2.45) is 0 Å². The van der Waals surface area contributed by atoms with E-state index in [1.807, 2.05) is 4.68 Å². The molecule has 1 saturated heterocycles. The molecule has 0 radical (unpaired) electrons. The lowest BCUT2D eigenvalue weighted by atomic mass is 10.2. The van der Waals surface area contributed by atoms with Crippen LogP contribution in [0.25, 0.3) is 0 Å². The normalized spacial score (nSPS) is 25.8. The van der Waals surface area contributed by atoms with Gasteiger partial charge in [-0.05, 0) is 7.05 Å².